The molecule has 2 aromatic carbocycles. The number of carbonyl (C=O) groups is 2. The van der Waals surface area contributed by atoms with E-state index in [4.69, 9.17) is 11.6 Å². The van der Waals surface area contributed by atoms with E-state index in [-0.39, 0.29) is 11.8 Å². The number of H-pyrrole nitrogens is 1. The van der Waals surface area contributed by atoms with Gasteiger partial charge in [-0.3, -0.25) is 14.7 Å². The molecule has 2 fully saturated rings. The Morgan fingerprint density at radius 2 is 1.97 bits per heavy atom. The average Bonchev–Trinajstić information content (AvgIpc) is 3.31. The SMILES string of the molecule is O=C(Nc1ccc(-c2n[nH]c(C3CC3)n2)cc1)c1ccc(Cl)cc1N1CCCC1=O. The van der Waals surface area contributed by atoms with E-state index < -0.39 is 0 Å². The maximum Gasteiger partial charge on any atom is 0.257 e. The van der Waals surface area contributed by atoms with Crippen LogP contribution in [0.1, 0.15) is 47.8 Å². The van der Waals surface area contributed by atoms with Crippen molar-refractivity contribution < 1.29 is 9.59 Å². The van der Waals surface area contributed by atoms with Crippen LogP contribution in [0.3, 0.4) is 0 Å². The van der Waals surface area contributed by atoms with E-state index >= 15 is 0 Å². The molecule has 0 spiro atoms. The molecule has 152 valence electrons. The van der Waals surface area contributed by atoms with Crippen LogP contribution in [0, 0.1) is 0 Å². The number of hydrogen-bond donors (Lipinski definition) is 2. The van der Waals surface area contributed by atoms with Crippen molar-refractivity contribution in [2.24, 2.45) is 0 Å². The normalized spacial score (nSPS) is 16.2. The second kappa shape index (κ2) is 7.57. The van der Waals surface area contributed by atoms with Crippen molar-refractivity contribution in [2.75, 3.05) is 16.8 Å². The van der Waals surface area contributed by atoms with Gasteiger partial charge in [0.05, 0.1) is 11.3 Å². The van der Waals surface area contributed by atoms with Crippen molar-refractivity contribution in [3.63, 3.8) is 0 Å². The number of aromatic amines is 1. The Morgan fingerprint density at radius 1 is 1.17 bits per heavy atom. The van der Waals surface area contributed by atoms with Crippen LogP contribution in [-0.4, -0.2) is 33.5 Å². The highest BCUT2D eigenvalue weighted by Gasteiger charge is 2.28. The third-order valence-corrected chi connectivity index (χ3v) is 5.67. The third kappa shape index (κ3) is 3.68. The van der Waals surface area contributed by atoms with Crippen molar-refractivity contribution in [3.05, 3.63) is 58.9 Å². The molecule has 5 rings (SSSR count). The summed E-state index contributed by atoms with van der Waals surface area (Å²) in [5, 5.41) is 10.7. The van der Waals surface area contributed by atoms with E-state index in [0.717, 1.165) is 30.7 Å². The largest absolute Gasteiger partial charge is 0.322 e. The molecule has 0 unspecified atom stereocenters. The first-order chi connectivity index (χ1) is 14.6. The summed E-state index contributed by atoms with van der Waals surface area (Å²) in [6, 6.07) is 12.4. The van der Waals surface area contributed by atoms with Crippen LogP contribution < -0.4 is 10.2 Å². The van der Waals surface area contributed by atoms with Crippen LogP contribution in [0.5, 0.6) is 0 Å². The molecule has 1 saturated heterocycles. The maximum absolute atomic E-state index is 12.9. The van der Waals surface area contributed by atoms with Gasteiger partial charge in [-0.2, -0.15) is 5.10 Å². The summed E-state index contributed by atoms with van der Waals surface area (Å²) in [5.41, 5.74) is 2.50. The summed E-state index contributed by atoms with van der Waals surface area (Å²) >= 11 is 6.12. The lowest BCUT2D eigenvalue weighted by atomic mass is 10.1. The number of aromatic nitrogens is 3. The van der Waals surface area contributed by atoms with Gasteiger partial charge in [-0.05, 0) is 61.7 Å². The standard InChI is InChI=1S/C22H20ClN5O2/c23-15-7-10-17(18(12-15)28-11-1-2-19(28)29)22(30)24-16-8-5-14(6-9-16)21-25-20(26-27-21)13-3-4-13/h5-10,12-13H,1-4,11H2,(H,24,30)(H,25,26,27). The van der Waals surface area contributed by atoms with Gasteiger partial charge in [-0.1, -0.05) is 11.6 Å². The minimum absolute atomic E-state index is 0.00717. The summed E-state index contributed by atoms with van der Waals surface area (Å²) < 4.78 is 0. The van der Waals surface area contributed by atoms with Crippen LogP contribution >= 0.6 is 11.6 Å². The molecule has 2 amide bonds. The van der Waals surface area contributed by atoms with Gasteiger partial charge < -0.3 is 10.2 Å². The fraction of sp³-hybridized carbons (Fsp3) is 0.273. The van der Waals surface area contributed by atoms with E-state index in [2.05, 4.69) is 20.5 Å². The molecule has 3 aromatic rings. The van der Waals surface area contributed by atoms with Crippen molar-refractivity contribution in [2.45, 2.75) is 31.6 Å². The van der Waals surface area contributed by atoms with Crippen LogP contribution in [0.25, 0.3) is 11.4 Å². The summed E-state index contributed by atoms with van der Waals surface area (Å²) in [7, 11) is 0. The van der Waals surface area contributed by atoms with Crippen molar-refractivity contribution in [3.8, 4) is 11.4 Å². The molecule has 0 bridgehead atoms. The number of nitrogens with zero attached hydrogens (tertiary/aromatic N) is 3. The fourth-order valence-corrected chi connectivity index (χ4v) is 3.83. The summed E-state index contributed by atoms with van der Waals surface area (Å²) in [6.07, 6.45) is 3.58. The van der Waals surface area contributed by atoms with Gasteiger partial charge in [0.15, 0.2) is 5.82 Å². The zero-order valence-corrected chi connectivity index (χ0v) is 16.9. The number of nitrogens with one attached hydrogen (secondary N) is 2. The summed E-state index contributed by atoms with van der Waals surface area (Å²) in [5.74, 6) is 1.83. The zero-order chi connectivity index (χ0) is 20.7. The Kier molecular flexibility index (Phi) is 4.75. The van der Waals surface area contributed by atoms with E-state index in [1.165, 1.54) is 0 Å². The zero-order valence-electron chi connectivity index (χ0n) is 16.2. The highest BCUT2D eigenvalue weighted by molar-refractivity contribution is 6.31. The van der Waals surface area contributed by atoms with Gasteiger partial charge in [0.2, 0.25) is 5.91 Å². The molecule has 1 saturated carbocycles. The average molecular weight is 422 g/mol. The number of benzene rings is 2. The topological polar surface area (TPSA) is 91.0 Å². The summed E-state index contributed by atoms with van der Waals surface area (Å²) in [4.78, 5) is 31.3. The second-order valence-electron chi connectivity index (χ2n) is 7.66. The van der Waals surface area contributed by atoms with E-state index in [1.807, 2.05) is 24.3 Å². The lowest BCUT2D eigenvalue weighted by Crippen LogP contribution is -2.27. The predicted molar refractivity (Wildman–Crippen MR) is 115 cm³/mol. The molecule has 2 aliphatic rings. The number of halogens is 1. The van der Waals surface area contributed by atoms with E-state index in [1.54, 1.807) is 23.1 Å². The highest BCUT2D eigenvalue weighted by atomic mass is 35.5. The van der Waals surface area contributed by atoms with Crippen LogP contribution in [0.2, 0.25) is 5.02 Å². The lowest BCUT2D eigenvalue weighted by Gasteiger charge is -2.19. The summed E-state index contributed by atoms with van der Waals surface area (Å²) in [6.45, 7) is 0.591. The molecule has 1 aliphatic carbocycles. The number of rotatable bonds is 5. The molecule has 1 aromatic heterocycles. The second-order valence-corrected chi connectivity index (χ2v) is 8.10. The third-order valence-electron chi connectivity index (χ3n) is 5.44. The number of hydrogen-bond acceptors (Lipinski definition) is 4. The first-order valence-corrected chi connectivity index (χ1v) is 10.4. The molecule has 8 heteroatoms. The Balaban J connectivity index is 1.34. The van der Waals surface area contributed by atoms with Crippen molar-refractivity contribution in [1.29, 1.82) is 0 Å². The molecule has 30 heavy (non-hydrogen) atoms. The monoisotopic (exact) mass is 421 g/mol. The molecular formula is C22H20ClN5O2. The van der Waals surface area contributed by atoms with Gasteiger partial charge in [-0.25, -0.2) is 4.98 Å². The van der Waals surface area contributed by atoms with E-state index in [0.29, 0.717) is 46.7 Å². The number of carbonyl (C=O) groups excluding carboxylic acids is 2. The lowest BCUT2D eigenvalue weighted by molar-refractivity contribution is -0.117. The van der Waals surface area contributed by atoms with Crippen LogP contribution in [0.15, 0.2) is 42.5 Å². The molecule has 2 heterocycles. The molecule has 7 nitrogen and oxygen atoms in total. The smallest absolute Gasteiger partial charge is 0.257 e. The van der Waals surface area contributed by atoms with Gasteiger partial charge in [0, 0.05) is 35.2 Å². The van der Waals surface area contributed by atoms with Crippen LogP contribution in [-0.2, 0) is 4.79 Å². The van der Waals surface area contributed by atoms with Crippen LogP contribution in [0.4, 0.5) is 11.4 Å². The fourth-order valence-electron chi connectivity index (χ4n) is 3.67. The van der Waals surface area contributed by atoms with Crippen molar-refractivity contribution in [1.82, 2.24) is 15.2 Å². The molecule has 0 radical (unpaired) electrons. The van der Waals surface area contributed by atoms with Gasteiger partial charge >= 0.3 is 0 Å². The highest BCUT2D eigenvalue weighted by Crippen LogP contribution is 2.38. The number of anilines is 2. The quantitative estimate of drug-likeness (QED) is 0.639. The Hall–Kier alpha value is -3.19. The number of amides is 2. The van der Waals surface area contributed by atoms with Gasteiger partial charge in [0.1, 0.15) is 5.82 Å². The Bertz CT molecular complexity index is 1120. The first-order valence-electron chi connectivity index (χ1n) is 10.0. The molecule has 1 aliphatic heterocycles. The molecule has 0 atom stereocenters. The molecule has 2 N–H and O–H groups in total. The minimum atomic E-state index is -0.289. The Labute approximate surface area is 178 Å². The Morgan fingerprint density at radius 3 is 2.67 bits per heavy atom. The maximum atomic E-state index is 12.9. The van der Waals surface area contributed by atoms with Gasteiger partial charge in [0.25, 0.3) is 5.91 Å². The van der Waals surface area contributed by atoms with Crippen molar-refractivity contribution >= 4 is 34.8 Å². The predicted octanol–water partition coefficient (Wildman–Crippen LogP) is 4.38. The minimum Gasteiger partial charge on any atom is -0.322 e. The molecular weight excluding hydrogens is 402 g/mol. The van der Waals surface area contributed by atoms with Gasteiger partial charge in [-0.15, -0.1) is 0 Å². The van der Waals surface area contributed by atoms with E-state index in [9.17, 15) is 9.59 Å². The first kappa shape index (κ1) is 18.8.